The van der Waals surface area contributed by atoms with Crippen LogP contribution in [0.1, 0.15) is 39.5 Å². The second kappa shape index (κ2) is 6.95. The zero-order valence-corrected chi connectivity index (χ0v) is 14.3. The summed E-state index contributed by atoms with van der Waals surface area (Å²) in [5.41, 5.74) is 1.93. The van der Waals surface area contributed by atoms with E-state index < -0.39 is 0 Å². The normalized spacial score (nSPS) is 13.9. The van der Waals surface area contributed by atoms with Gasteiger partial charge in [-0.15, -0.1) is 0 Å². The molecule has 3 aromatic rings. The predicted octanol–water partition coefficient (Wildman–Crippen LogP) is 1.90. The van der Waals surface area contributed by atoms with Crippen LogP contribution in [0.4, 0.5) is 0 Å². The van der Waals surface area contributed by atoms with Gasteiger partial charge in [-0.1, -0.05) is 6.07 Å². The predicted molar refractivity (Wildman–Crippen MR) is 95.7 cm³/mol. The van der Waals surface area contributed by atoms with Crippen molar-refractivity contribution in [1.29, 1.82) is 0 Å². The highest BCUT2D eigenvalue weighted by molar-refractivity contribution is 6.02. The molecule has 1 N–H and O–H groups in total. The molecule has 0 unspecified atom stereocenters. The van der Waals surface area contributed by atoms with Gasteiger partial charge in [-0.2, -0.15) is 0 Å². The molecule has 26 heavy (non-hydrogen) atoms. The average Bonchev–Trinajstić information content (AvgIpc) is 3.35. The summed E-state index contributed by atoms with van der Waals surface area (Å²) in [5.74, 6) is -0.208. The van der Waals surface area contributed by atoms with Crippen LogP contribution in [0.5, 0.6) is 0 Å². The fraction of sp³-hybridized carbons (Fsp3) is 0.263. The lowest BCUT2D eigenvalue weighted by molar-refractivity contribution is 0.0789. The number of rotatable bonds is 4. The van der Waals surface area contributed by atoms with Gasteiger partial charge in [-0.25, -0.2) is 4.98 Å². The summed E-state index contributed by atoms with van der Waals surface area (Å²) in [5, 5.41) is 2.85. The molecule has 132 valence electrons. The van der Waals surface area contributed by atoms with Gasteiger partial charge < -0.3 is 10.2 Å². The van der Waals surface area contributed by atoms with E-state index >= 15 is 0 Å². The number of carbonyl (C=O) groups is 2. The number of fused-ring (bicyclic) bond motifs is 1. The molecular formula is C19H19N5O2. The third-order valence-corrected chi connectivity index (χ3v) is 4.55. The maximum Gasteiger partial charge on any atom is 0.287 e. The molecule has 0 atom stereocenters. The average molecular weight is 349 g/mol. The second-order valence-corrected chi connectivity index (χ2v) is 6.28. The fourth-order valence-corrected chi connectivity index (χ4v) is 3.19. The lowest BCUT2D eigenvalue weighted by Gasteiger charge is -2.13. The van der Waals surface area contributed by atoms with E-state index in [0.29, 0.717) is 17.8 Å². The molecule has 1 aliphatic heterocycles. The largest absolute Gasteiger partial charge is 0.345 e. The number of aromatic nitrogens is 3. The first-order valence-electron chi connectivity index (χ1n) is 8.67. The Bertz CT molecular complexity index is 945. The molecule has 0 saturated carbocycles. The number of pyridine rings is 2. The van der Waals surface area contributed by atoms with Crippen LogP contribution in [0, 0.1) is 0 Å². The molecule has 7 nitrogen and oxygen atoms in total. The minimum absolute atomic E-state index is 0.112. The van der Waals surface area contributed by atoms with Crippen LogP contribution in [-0.2, 0) is 6.54 Å². The topological polar surface area (TPSA) is 79.6 Å². The number of hydrogen-bond acceptors (Lipinski definition) is 4. The van der Waals surface area contributed by atoms with E-state index in [9.17, 15) is 9.59 Å². The number of likely N-dealkylation sites (tertiary alicyclic amines) is 1. The molecule has 0 radical (unpaired) electrons. The number of hydrogen-bond donors (Lipinski definition) is 1. The highest BCUT2D eigenvalue weighted by Gasteiger charge is 2.26. The maximum absolute atomic E-state index is 12.8. The second-order valence-electron chi connectivity index (χ2n) is 6.28. The van der Waals surface area contributed by atoms with Gasteiger partial charge in [0.1, 0.15) is 0 Å². The Labute approximate surface area is 150 Å². The molecule has 4 rings (SSSR count). The third kappa shape index (κ3) is 3.03. The summed E-state index contributed by atoms with van der Waals surface area (Å²) in [6.45, 7) is 1.86. The number of amides is 2. The highest BCUT2D eigenvalue weighted by atomic mass is 16.2. The van der Waals surface area contributed by atoms with E-state index in [1.807, 2.05) is 30.3 Å². The first-order chi connectivity index (χ1) is 12.7. The number of nitrogens with zero attached hydrogens (tertiary/aromatic N) is 4. The Balaban J connectivity index is 1.62. The fourth-order valence-electron chi connectivity index (χ4n) is 3.19. The zero-order chi connectivity index (χ0) is 17.9. The maximum atomic E-state index is 12.8. The summed E-state index contributed by atoms with van der Waals surface area (Å²) in [4.78, 5) is 35.6. The van der Waals surface area contributed by atoms with Crippen molar-refractivity contribution in [2.75, 3.05) is 13.1 Å². The van der Waals surface area contributed by atoms with E-state index in [-0.39, 0.29) is 17.6 Å². The SMILES string of the molecule is O=C(NCc1ccncc1)c1nc(C(=O)N2CCCC2)c2ccccn12. The van der Waals surface area contributed by atoms with Crippen LogP contribution >= 0.6 is 0 Å². The van der Waals surface area contributed by atoms with E-state index in [0.717, 1.165) is 31.5 Å². The van der Waals surface area contributed by atoms with Crippen molar-refractivity contribution in [1.82, 2.24) is 24.6 Å². The minimum atomic E-state index is -0.316. The van der Waals surface area contributed by atoms with E-state index in [4.69, 9.17) is 0 Å². The first kappa shape index (κ1) is 16.3. The van der Waals surface area contributed by atoms with Crippen molar-refractivity contribution in [3.8, 4) is 0 Å². The molecule has 0 spiro atoms. The molecule has 4 heterocycles. The van der Waals surface area contributed by atoms with Crippen LogP contribution in [-0.4, -0.2) is 44.2 Å². The summed E-state index contributed by atoms with van der Waals surface area (Å²) < 4.78 is 1.67. The molecule has 3 aromatic heterocycles. The molecule has 1 saturated heterocycles. The summed E-state index contributed by atoms with van der Waals surface area (Å²) >= 11 is 0. The Morgan fingerprint density at radius 1 is 1.08 bits per heavy atom. The molecule has 0 bridgehead atoms. The van der Waals surface area contributed by atoms with Gasteiger partial charge in [0.15, 0.2) is 5.69 Å². The van der Waals surface area contributed by atoms with Gasteiger partial charge in [0.05, 0.1) is 5.52 Å². The molecule has 0 aromatic carbocycles. The number of nitrogens with one attached hydrogen (secondary N) is 1. The first-order valence-corrected chi connectivity index (χ1v) is 8.67. The molecular weight excluding hydrogens is 330 g/mol. The Kier molecular flexibility index (Phi) is 4.35. The lowest BCUT2D eigenvalue weighted by Crippen LogP contribution is -2.28. The van der Waals surface area contributed by atoms with Crippen LogP contribution in [0.25, 0.3) is 5.52 Å². The van der Waals surface area contributed by atoms with Crippen LogP contribution < -0.4 is 5.32 Å². The van der Waals surface area contributed by atoms with Gasteiger partial charge in [-0.05, 0) is 42.7 Å². The van der Waals surface area contributed by atoms with Gasteiger partial charge >= 0.3 is 0 Å². The van der Waals surface area contributed by atoms with Crippen molar-refractivity contribution in [2.24, 2.45) is 0 Å². The van der Waals surface area contributed by atoms with Crippen molar-refractivity contribution < 1.29 is 9.59 Å². The van der Waals surface area contributed by atoms with Gasteiger partial charge in [0.2, 0.25) is 5.82 Å². The molecule has 1 aliphatic rings. The van der Waals surface area contributed by atoms with Crippen molar-refractivity contribution in [2.45, 2.75) is 19.4 Å². The van der Waals surface area contributed by atoms with E-state index in [2.05, 4.69) is 15.3 Å². The van der Waals surface area contributed by atoms with E-state index in [1.54, 1.807) is 27.9 Å². The van der Waals surface area contributed by atoms with Gasteiger partial charge in [0, 0.05) is 38.2 Å². The highest BCUT2D eigenvalue weighted by Crippen LogP contribution is 2.18. The van der Waals surface area contributed by atoms with E-state index in [1.165, 1.54) is 0 Å². The van der Waals surface area contributed by atoms with Gasteiger partial charge in [-0.3, -0.25) is 19.0 Å². The summed E-state index contributed by atoms with van der Waals surface area (Å²) in [6, 6.07) is 9.16. The Morgan fingerprint density at radius 2 is 1.85 bits per heavy atom. The smallest absolute Gasteiger partial charge is 0.287 e. The monoisotopic (exact) mass is 349 g/mol. The summed E-state index contributed by atoms with van der Waals surface area (Å²) in [6.07, 6.45) is 7.14. The van der Waals surface area contributed by atoms with Crippen LogP contribution in [0.15, 0.2) is 48.9 Å². The van der Waals surface area contributed by atoms with Crippen molar-refractivity contribution >= 4 is 17.3 Å². The molecule has 7 heteroatoms. The number of imidazole rings is 1. The molecule has 2 amide bonds. The van der Waals surface area contributed by atoms with Crippen molar-refractivity contribution in [3.63, 3.8) is 0 Å². The van der Waals surface area contributed by atoms with Gasteiger partial charge in [0.25, 0.3) is 11.8 Å². The minimum Gasteiger partial charge on any atom is -0.345 e. The standard InChI is InChI=1S/C19H19N5O2/c25-18(21-13-14-6-8-20-9-7-14)17-22-16(15-5-1-2-12-24(15)17)19(26)23-10-3-4-11-23/h1-2,5-9,12H,3-4,10-11,13H2,(H,21,25). The molecule has 0 aliphatic carbocycles. The Hall–Kier alpha value is -3.22. The zero-order valence-electron chi connectivity index (χ0n) is 14.3. The quantitative estimate of drug-likeness (QED) is 0.780. The van der Waals surface area contributed by atoms with Crippen LogP contribution in [0.3, 0.4) is 0 Å². The summed E-state index contributed by atoms with van der Waals surface area (Å²) in [7, 11) is 0. The third-order valence-electron chi connectivity index (χ3n) is 4.55. The lowest BCUT2D eigenvalue weighted by atomic mass is 10.3. The van der Waals surface area contributed by atoms with Crippen LogP contribution in [0.2, 0.25) is 0 Å². The molecule has 1 fully saturated rings. The Morgan fingerprint density at radius 3 is 2.62 bits per heavy atom. The number of carbonyl (C=O) groups excluding carboxylic acids is 2. The van der Waals surface area contributed by atoms with Crippen molar-refractivity contribution in [3.05, 3.63) is 66.0 Å².